The van der Waals surface area contributed by atoms with Crippen LogP contribution in [0.4, 0.5) is 0 Å². The molecule has 138 valence electrons. The van der Waals surface area contributed by atoms with Crippen LogP contribution in [0.25, 0.3) is 11.8 Å². The topological polar surface area (TPSA) is 38.1 Å². The van der Waals surface area contributed by atoms with Crippen LogP contribution in [0.15, 0.2) is 66.7 Å². The predicted molar refractivity (Wildman–Crippen MR) is 110 cm³/mol. The smallest absolute Gasteiger partial charge is 0.246 e. The number of hydrogen-bond donors (Lipinski definition) is 0. The summed E-state index contributed by atoms with van der Waals surface area (Å²) < 4.78 is 1.91. The Labute approximate surface area is 160 Å². The summed E-state index contributed by atoms with van der Waals surface area (Å²) in [6, 6.07) is 20.1. The fourth-order valence-corrected chi connectivity index (χ4v) is 3.13. The Morgan fingerprint density at radius 1 is 1.04 bits per heavy atom. The minimum Gasteiger partial charge on any atom is -0.335 e. The molecule has 2 aromatic carbocycles. The van der Waals surface area contributed by atoms with Crippen molar-refractivity contribution in [1.29, 1.82) is 0 Å². The molecule has 3 aromatic rings. The van der Waals surface area contributed by atoms with Gasteiger partial charge in [-0.1, -0.05) is 48.5 Å². The number of amides is 1. The molecule has 0 aliphatic heterocycles. The number of carbonyl (C=O) groups is 1. The Hall–Kier alpha value is -3.14. The van der Waals surface area contributed by atoms with Gasteiger partial charge in [-0.05, 0) is 44.5 Å². The van der Waals surface area contributed by atoms with Gasteiger partial charge in [-0.15, -0.1) is 0 Å². The van der Waals surface area contributed by atoms with Crippen LogP contribution in [0.3, 0.4) is 0 Å². The van der Waals surface area contributed by atoms with Crippen molar-refractivity contribution in [3.8, 4) is 5.69 Å². The standard InChI is InChI=1S/C23H25N3O/c1-17-22(19(3)26(24-17)21-13-9-6-10-14-21)15-16-23(27)25(4)18(2)20-11-7-5-8-12-20/h5-16,18H,1-4H3/b16-15+/t18-/m0/s1. The Morgan fingerprint density at radius 3 is 2.26 bits per heavy atom. The molecule has 1 heterocycles. The number of aromatic nitrogens is 2. The van der Waals surface area contributed by atoms with E-state index in [-0.39, 0.29) is 11.9 Å². The number of benzene rings is 2. The van der Waals surface area contributed by atoms with Crippen molar-refractivity contribution in [2.45, 2.75) is 26.8 Å². The van der Waals surface area contributed by atoms with Crippen molar-refractivity contribution >= 4 is 12.0 Å². The third kappa shape index (κ3) is 4.00. The first-order valence-corrected chi connectivity index (χ1v) is 9.10. The summed E-state index contributed by atoms with van der Waals surface area (Å²) in [5.41, 5.74) is 5.03. The average Bonchev–Trinajstić information content (AvgIpc) is 3.00. The molecule has 1 amide bonds. The van der Waals surface area contributed by atoms with Crippen LogP contribution in [0, 0.1) is 13.8 Å². The SMILES string of the molecule is Cc1nn(-c2ccccc2)c(C)c1/C=C/C(=O)N(C)[C@@H](C)c1ccccc1. The van der Waals surface area contributed by atoms with E-state index in [1.54, 1.807) is 11.0 Å². The van der Waals surface area contributed by atoms with E-state index in [0.29, 0.717) is 0 Å². The fourth-order valence-electron chi connectivity index (χ4n) is 3.13. The number of para-hydroxylation sites is 1. The first-order valence-electron chi connectivity index (χ1n) is 9.10. The maximum atomic E-state index is 12.6. The number of hydrogen-bond acceptors (Lipinski definition) is 2. The van der Waals surface area contributed by atoms with Gasteiger partial charge in [-0.25, -0.2) is 4.68 Å². The number of aryl methyl sites for hydroxylation is 1. The van der Waals surface area contributed by atoms with Gasteiger partial charge in [-0.3, -0.25) is 4.79 Å². The molecule has 0 saturated heterocycles. The zero-order valence-electron chi connectivity index (χ0n) is 16.3. The van der Waals surface area contributed by atoms with E-state index in [9.17, 15) is 4.79 Å². The number of carbonyl (C=O) groups excluding carboxylic acids is 1. The van der Waals surface area contributed by atoms with Crippen LogP contribution in [0.2, 0.25) is 0 Å². The van der Waals surface area contributed by atoms with Gasteiger partial charge in [0.1, 0.15) is 0 Å². The van der Waals surface area contributed by atoms with E-state index < -0.39 is 0 Å². The lowest BCUT2D eigenvalue weighted by atomic mass is 10.1. The summed E-state index contributed by atoms with van der Waals surface area (Å²) in [6.45, 7) is 6.02. The van der Waals surface area contributed by atoms with Crippen LogP contribution >= 0.6 is 0 Å². The first kappa shape index (κ1) is 18.6. The first-order chi connectivity index (χ1) is 13.0. The van der Waals surface area contributed by atoms with Crippen LogP contribution in [0.1, 0.15) is 35.5 Å². The van der Waals surface area contributed by atoms with E-state index in [1.165, 1.54) is 0 Å². The normalized spacial score (nSPS) is 12.3. The van der Waals surface area contributed by atoms with Crippen molar-refractivity contribution in [3.63, 3.8) is 0 Å². The second kappa shape index (κ2) is 8.04. The Morgan fingerprint density at radius 2 is 1.63 bits per heavy atom. The molecular weight excluding hydrogens is 334 g/mol. The Bertz CT molecular complexity index is 943. The summed E-state index contributed by atoms with van der Waals surface area (Å²) in [5, 5.41) is 4.63. The highest BCUT2D eigenvalue weighted by atomic mass is 16.2. The van der Waals surface area contributed by atoms with Crippen molar-refractivity contribution < 1.29 is 4.79 Å². The molecule has 0 bridgehead atoms. The molecule has 0 N–H and O–H groups in total. The fraction of sp³-hybridized carbons (Fsp3) is 0.217. The monoisotopic (exact) mass is 359 g/mol. The number of likely N-dealkylation sites (N-methyl/N-ethyl adjacent to an activating group) is 1. The minimum atomic E-state index is -0.0300. The summed E-state index contributed by atoms with van der Waals surface area (Å²) in [7, 11) is 1.83. The van der Waals surface area contributed by atoms with Crippen molar-refractivity contribution in [1.82, 2.24) is 14.7 Å². The van der Waals surface area contributed by atoms with Gasteiger partial charge in [0.2, 0.25) is 5.91 Å². The van der Waals surface area contributed by atoms with E-state index in [1.807, 2.05) is 99.2 Å². The summed E-state index contributed by atoms with van der Waals surface area (Å²) in [6.07, 6.45) is 3.50. The largest absolute Gasteiger partial charge is 0.335 e. The average molecular weight is 359 g/mol. The van der Waals surface area contributed by atoms with Crippen molar-refractivity contribution in [2.75, 3.05) is 7.05 Å². The molecule has 0 aliphatic carbocycles. The van der Waals surface area contributed by atoms with Crippen molar-refractivity contribution in [3.05, 3.63) is 89.3 Å². The summed E-state index contributed by atoms with van der Waals surface area (Å²) >= 11 is 0. The van der Waals surface area contributed by atoms with Crippen molar-refractivity contribution in [2.24, 2.45) is 0 Å². The summed E-state index contributed by atoms with van der Waals surface area (Å²) in [5.74, 6) is -0.0300. The molecule has 0 spiro atoms. The van der Waals surface area contributed by atoms with Crippen LogP contribution in [-0.2, 0) is 4.79 Å². The lowest BCUT2D eigenvalue weighted by Crippen LogP contribution is -2.27. The Balaban J connectivity index is 1.80. The zero-order chi connectivity index (χ0) is 19.4. The lowest BCUT2D eigenvalue weighted by Gasteiger charge is -2.24. The maximum absolute atomic E-state index is 12.6. The molecule has 1 atom stereocenters. The van der Waals surface area contributed by atoms with Crippen LogP contribution in [-0.4, -0.2) is 27.6 Å². The second-order valence-corrected chi connectivity index (χ2v) is 6.70. The summed E-state index contributed by atoms with van der Waals surface area (Å²) in [4.78, 5) is 14.4. The van der Waals surface area contributed by atoms with E-state index in [2.05, 4.69) is 5.10 Å². The molecule has 0 saturated carbocycles. The number of rotatable bonds is 5. The van der Waals surface area contributed by atoms with Gasteiger partial charge in [0.25, 0.3) is 0 Å². The molecule has 4 heteroatoms. The Kier molecular flexibility index (Phi) is 5.55. The third-order valence-corrected chi connectivity index (χ3v) is 4.95. The van der Waals surface area contributed by atoms with Gasteiger partial charge in [0, 0.05) is 24.4 Å². The van der Waals surface area contributed by atoms with Gasteiger partial charge in [-0.2, -0.15) is 5.10 Å². The molecule has 1 aromatic heterocycles. The molecule has 27 heavy (non-hydrogen) atoms. The van der Waals surface area contributed by atoms with E-state index in [0.717, 1.165) is 28.2 Å². The van der Waals surface area contributed by atoms with Gasteiger partial charge < -0.3 is 4.90 Å². The van der Waals surface area contributed by atoms with Crippen LogP contribution < -0.4 is 0 Å². The maximum Gasteiger partial charge on any atom is 0.246 e. The number of nitrogens with zero attached hydrogens (tertiary/aromatic N) is 3. The molecule has 0 fully saturated rings. The lowest BCUT2D eigenvalue weighted by molar-refractivity contribution is -0.126. The van der Waals surface area contributed by atoms with Gasteiger partial charge >= 0.3 is 0 Å². The van der Waals surface area contributed by atoms with E-state index in [4.69, 9.17) is 0 Å². The van der Waals surface area contributed by atoms with Crippen LogP contribution in [0.5, 0.6) is 0 Å². The zero-order valence-corrected chi connectivity index (χ0v) is 16.3. The molecule has 3 rings (SSSR count). The second-order valence-electron chi connectivity index (χ2n) is 6.70. The molecule has 0 aliphatic rings. The molecule has 0 unspecified atom stereocenters. The quantitative estimate of drug-likeness (QED) is 0.618. The molecular formula is C23H25N3O. The highest BCUT2D eigenvalue weighted by molar-refractivity contribution is 5.92. The molecule has 0 radical (unpaired) electrons. The van der Waals surface area contributed by atoms with Gasteiger partial charge in [0.15, 0.2) is 0 Å². The predicted octanol–water partition coefficient (Wildman–Crippen LogP) is 4.72. The highest BCUT2D eigenvalue weighted by Gasteiger charge is 2.16. The highest BCUT2D eigenvalue weighted by Crippen LogP contribution is 2.21. The third-order valence-electron chi connectivity index (χ3n) is 4.95. The minimum absolute atomic E-state index is 0.0117. The van der Waals surface area contributed by atoms with E-state index >= 15 is 0 Å². The molecule has 4 nitrogen and oxygen atoms in total. The van der Waals surface area contributed by atoms with Gasteiger partial charge in [0.05, 0.1) is 17.4 Å².